The van der Waals surface area contributed by atoms with Crippen LogP contribution in [0.25, 0.3) is 11.1 Å². The first-order valence-corrected chi connectivity index (χ1v) is 13.8. The minimum Gasteiger partial charge on any atom is -0.497 e. The number of nitrogens with zero attached hydrogens (tertiary/aromatic N) is 3. The molecule has 4 rings (SSSR count). The third-order valence-electron chi connectivity index (χ3n) is 6.76. The third-order valence-corrected chi connectivity index (χ3v) is 8.78. The highest BCUT2D eigenvalue weighted by molar-refractivity contribution is 7.89. The molecule has 0 saturated carbocycles. The van der Waals surface area contributed by atoms with Crippen LogP contribution in [0.4, 0.5) is 0 Å². The van der Waals surface area contributed by atoms with Gasteiger partial charge in [0, 0.05) is 44.0 Å². The summed E-state index contributed by atoms with van der Waals surface area (Å²) in [6.45, 7) is 4.97. The van der Waals surface area contributed by atoms with Crippen molar-refractivity contribution in [3.8, 4) is 22.6 Å². The fourth-order valence-electron chi connectivity index (χ4n) is 4.58. The van der Waals surface area contributed by atoms with Crippen LogP contribution in [0, 0.1) is 5.92 Å². The van der Waals surface area contributed by atoms with Crippen LogP contribution < -0.4 is 9.47 Å². The molecule has 0 radical (unpaired) electrons. The number of hydrogen-bond acceptors (Lipinski definition) is 7. The Morgan fingerprint density at radius 2 is 1.92 bits per heavy atom. The first kappa shape index (κ1) is 27.1. The SMILES string of the molecule is COc1ccc(-c2ccc3c(c2)O[C@H](CN(C)Cc2cccnc2)[C@@H](C)CN([C@@H](C)CO)S3(=O)=O)cc1. The van der Waals surface area contributed by atoms with E-state index in [0.717, 1.165) is 22.4 Å². The average molecular weight is 526 g/mol. The van der Waals surface area contributed by atoms with Gasteiger partial charge >= 0.3 is 0 Å². The number of aromatic nitrogens is 1. The Labute approximate surface area is 219 Å². The summed E-state index contributed by atoms with van der Waals surface area (Å²) in [5.74, 6) is 0.931. The predicted molar refractivity (Wildman–Crippen MR) is 143 cm³/mol. The zero-order chi connectivity index (χ0) is 26.6. The number of benzene rings is 2. The van der Waals surface area contributed by atoms with Crippen molar-refractivity contribution >= 4 is 10.0 Å². The standard InChI is InChI=1S/C28H35N3O5S/c1-20-16-31(21(2)19-32)37(33,34)28-12-9-24(23-7-10-25(35-4)11-8-23)14-26(28)36-27(20)18-30(3)17-22-6-5-13-29-15-22/h5-15,20-21,27,32H,16-19H2,1-4H3/t20-,21-,27+/m0/s1. The smallest absolute Gasteiger partial charge is 0.247 e. The van der Waals surface area contributed by atoms with E-state index < -0.39 is 16.1 Å². The van der Waals surface area contributed by atoms with Gasteiger partial charge in [-0.05, 0) is 61.0 Å². The van der Waals surface area contributed by atoms with Crippen molar-refractivity contribution in [1.82, 2.24) is 14.2 Å². The minimum absolute atomic E-state index is 0.108. The number of sulfonamides is 1. The molecule has 0 amide bonds. The second-order valence-corrected chi connectivity index (χ2v) is 11.5. The Bertz CT molecular complexity index is 1280. The number of methoxy groups -OCH3 is 1. The topological polar surface area (TPSA) is 92.2 Å². The maximum Gasteiger partial charge on any atom is 0.247 e. The van der Waals surface area contributed by atoms with Gasteiger partial charge in [0.25, 0.3) is 0 Å². The predicted octanol–water partition coefficient (Wildman–Crippen LogP) is 3.66. The van der Waals surface area contributed by atoms with E-state index >= 15 is 0 Å². The average Bonchev–Trinajstić information content (AvgIpc) is 2.90. The van der Waals surface area contributed by atoms with Gasteiger partial charge in [0.1, 0.15) is 22.5 Å². The van der Waals surface area contributed by atoms with Gasteiger partial charge in [0.15, 0.2) is 0 Å². The highest BCUT2D eigenvalue weighted by Gasteiger charge is 2.38. The molecule has 9 heteroatoms. The highest BCUT2D eigenvalue weighted by Crippen LogP contribution is 2.37. The van der Waals surface area contributed by atoms with Crippen LogP contribution >= 0.6 is 0 Å². The molecule has 8 nitrogen and oxygen atoms in total. The van der Waals surface area contributed by atoms with Crippen LogP contribution in [-0.4, -0.2) is 73.7 Å². The molecule has 3 aromatic rings. The van der Waals surface area contributed by atoms with Crippen molar-refractivity contribution in [2.75, 3.05) is 33.9 Å². The lowest BCUT2D eigenvalue weighted by molar-refractivity contribution is 0.0734. The molecule has 1 N–H and O–H groups in total. The van der Waals surface area contributed by atoms with E-state index in [1.165, 1.54) is 4.31 Å². The lowest BCUT2D eigenvalue weighted by atomic mass is 10.0. The van der Waals surface area contributed by atoms with Crippen LogP contribution in [0.1, 0.15) is 19.4 Å². The zero-order valence-electron chi connectivity index (χ0n) is 21.7. The van der Waals surface area contributed by atoms with Crippen LogP contribution in [-0.2, 0) is 16.6 Å². The summed E-state index contributed by atoms with van der Waals surface area (Å²) in [7, 11) is -0.259. The van der Waals surface area contributed by atoms with E-state index in [2.05, 4.69) is 9.88 Å². The van der Waals surface area contributed by atoms with E-state index in [-0.39, 0.29) is 30.1 Å². The van der Waals surface area contributed by atoms with Gasteiger partial charge in [-0.25, -0.2) is 8.42 Å². The second kappa shape index (κ2) is 11.6. The molecular weight excluding hydrogens is 490 g/mol. The molecule has 1 aliphatic rings. The lowest BCUT2D eigenvalue weighted by Crippen LogP contribution is -2.49. The second-order valence-electron chi connectivity index (χ2n) is 9.69. The Morgan fingerprint density at radius 3 is 2.57 bits per heavy atom. The van der Waals surface area contributed by atoms with Gasteiger partial charge in [-0.15, -0.1) is 0 Å². The number of pyridine rings is 1. The first-order valence-electron chi connectivity index (χ1n) is 12.4. The van der Waals surface area contributed by atoms with E-state index in [1.807, 2.05) is 56.6 Å². The Balaban J connectivity index is 1.71. The van der Waals surface area contributed by atoms with Gasteiger partial charge < -0.3 is 14.6 Å². The highest BCUT2D eigenvalue weighted by atomic mass is 32.2. The van der Waals surface area contributed by atoms with Crippen molar-refractivity contribution in [3.63, 3.8) is 0 Å². The summed E-state index contributed by atoms with van der Waals surface area (Å²) < 4.78 is 40.6. The largest absolute Gasteiger partial charge is 0.497 e. The Kier molecular flexibility index (Phi) is 8.49. The van der Waals surface area contributed by atoms with Crippen molar-refractivity contribution < 1.29 is 23.0 Å². The molecule has 1 aromatic heterocycles. The molecular formula is C28H35N3O5S. The normalized spacial score (nSPS) is 20.4. The minimum atomic E-state index is -3.89. The zero-order valence-corrected chi connectivity index (χ0v) is 22.6. The van der Waals surface area contributed by atoms with Crippen LogP contribution in [0.15, 0.2) is 71.9 Å². The Morgan fingerprint density at radius 1 is 1.19 bits per heavy atom. The van der Waals surface area contributed by atoms with E-state index in [4.69, 9.17) is 9.47 Å². The number of rotatable bonds is 8. The van der Waals surface area contributed by atoms with Crippen molar-refractivity contribution in [3.05, 3.63) is 72.6 Å². The monoisotopic (exact) mass is 525 g/mol. The molecule has 0 spiro atoms. The number of hydrogen-bond donors (Lipinski definition) is 1. The molecule has 0 fully saturated rings. The summed E-state index contributed by atoms with van der Waals surface area (Å²) in [4.78, 5) is 6.46. The van der Waals surface area contributed by atoms with E-state index in [0.29, 0.717) is 18.8 Å². The molecule has 2 aromatic carbocycles. The molecule has 2 heterocycles. The van der Waals surface area contributed by atoms with Gasteiger partial charge in [0.05, 0.1) is 13.7 Å². The molecule has 0 unspecified atom stereocenters. The molecule has 0 aliphatic carbocycles. The summed E-state index contributed by atoms with van der Waals surface area (Å²) in [6, 6.07) is 16.2. The molecule has 1 aliphatic heterocycles. The van der Waals surface area contributed by atoms with Crippen molar-refractivity contribution in [2.45, 2.75) is 37.4 Å². The number of ether oxygens (including phenoxy) is 2. The number of fused-ring (bicyclic) bond motifs is 1. The molecule has 37 heavy (non-hydrogen) atoms. The maximum absolute atomic E-state index is 13.7. The molecule has 3 atom stereocenters. The molecule has 0 saturated heterocycles. The fraction of sp³-hybridized carbons (Fsp3) is 0.393. The lowest BCUT2D eigenvalue weighted by Gasteiger charge is -2.37. The van der Waals surface area contributed by atoms with Gasteiger partial charge in [-0.1, -0.05) is 31.2 Å². The van der Waals surface area contributed by atoms with Crippen LogP contribution in [0.2, 0.25) is 0 Å². The van der Waals surface area contributed by atoms with Crippen LogP contribution in [0.5, 0.6) is 11.5 Å². The maximum atomic E-state index is 13.7. The van der Waals surface area contributed by atoms with Crippen LogP contribution in [0.3, 0.4) is 0 Å². The van der Waals surface area contributed by atoms with Gasteiger partial charge in [-0.3, -0.25) is 9.88 Å². The number of aliphatic hydroxyl groups excluding tert-OH is 1. The summed E-state index contributed by atoms with van der Waals surface area (Å²) >= 11 is 0. The third kappa shape index (κ3) is 6.13. The summed E-state index contributed by atoms with van der Waals surface area (Å²) in [5.41, 5.74) is 2.85. The molecule has 198 valence electrons. The van der Waals surface area contributed by atoms with Crippen molar-refractivity contribution in [2.24, 2.45) is 5.92 Å². The van der Waals surface area contributed by atoms with Gasteiger partial charge in [-0.2, -0.15) is 4.31 Å². The number of likely N-dealkylation sites (N-methyl/N-ethyl adjacent to an activating group) is 1. The summed E-state index contributed by atoms with van der Waals surface area (Å²) in [5, 5.41) is 9.86. The fourth-order valence-corrected chi connectivity index (χ4v) is 6.41. The van der Waals surface area contributed by atoms with E-state index in [9.17, 15) is 13.5 Å². The quantitative estimate of drug-likeness (QED) is 0.480. The first-order chi connectivity index (χ1) is 17.7. The summed E-state index contributed by atoms with van der Waals surface area (Å²) in [6.07, 6.45) is 3.31. The van der Waals surface area contributed by atoms with E-state index in [1.54, 1.807) is 38.4 Å². The Hall–Kier alpha value is -2.98. The van der Waals surface area contributed by atoms with Gasteiger partial charge in [0.2, 0.25) is 10.0 Å². The molecule has 0 bridgehead atoms. The number of aliphatic hydroxyl groups is 1. The van der Waals surface area contributed by atoms with Crippen molar-refractivity contribution in [1.29, 1.82) is 0 Å².